The van der Waals surface area contributed by atoms with Crippen LogP contribution in [0.25, 0.3) is 0 Å². The predicted molar refractivity (Wildman–Crippen MR) is 107 cm³/mol. The maximum absolute atomic E-state index is 12.4. The molecule has 1 heterocycles. The SMILES string of the molecule is O=C1c2ccccc2C(=O)N1CCCOC(c1ccccc1)c1ccccc1. The molecule has 0 spiro atoms. The fourth-order valence-electron chi connectivity index (χ4n) is 3.51. The van der Waals surface area contributed by atoms with E-state index in [1.54, 1.807) is 24.3 Å². The first-order chi connectivity index (χ1) is 13.8. The number of ether oxygens (including phenoxy) is 1. The van der Waals surface area contributed by atoms with Gasteiger partial charge < -0.3 is 4.74 Å². The summed E-state index contributed by atoms with van der Waals surface area (Å²) >= 11 is 0. The Balaban J connectivity index is 1.40. The summed E-state index contributed by atoms with van der Waals surface area (Å²) in [6.07, 6.45) is 0.409. The van der Waals surface area contributed by atoms with Gasteiger partial charge in [0.15, 0.2) is 0 Å². The van der Waals surface area contributed by atoms with Gasteiger partial charge in [-0.05, 0) is 29.7 Å². The van der Waals surface area contributed by atoms with Gasteiger partial charge in [-0.25, -0.2) is 0 Å². The number of hydrogen-bond donors (Lipinski definition) is 0. The smallest absolute Gasteiger partial charge is 0.261 e. The van der Waals surface area contributed by atoms with Gasteiger partial charge in [0.2, 0.25) is 0 Å². The highest BCUT2D eigenvalue weighted by Crippen LogP contribution is 2.26. The van der Waals surface area contributed by atoms with Crippen LogP contribution in [0.3, 0.4) is 0 Å². The third-order valence-electron chi connectivity index (χ3n) is 4.89. The predicted octanol–water partition coefficient (Wildman–Crippen LogP) is 4.48. The Labute approximate surface area is 164 Å². The molecule has 0 bridgehead atoms. The molecule has 1 aliphatic rings. The molecule has 3 aromatic rings. The van der Waals surface area contributed by atoms with Crippen LogP contribution in [0.4, 0.5) is 0 Å². The molecule has 0 saturated heterocycles. The molecular formula is C24H21NO3. The summed E-state index contributed by atoms with van der Waals surface area (Å²) in [6.45, 7) is 0.796. The number of hydrogen-bond acceptors (Lipinski definition) is 3. The number of imide groups is 1. The van der Waals surface area contributed by atoms with Crippen LogP contribution in [0.5, 0.6) is 0 Å². The van der Waals surface area contributed by atoms with Crippen LogP contribution in [-0.4, -0.2) is 29.9 Å². The van der Waals surface area contributed by atoms with E-state index in [0.717, 1.165) is 11.1 Å². The van der Waals surface area contributed by atoms with Gasteiger partial charge in [0.05, 0.1) is 11.1 Å². The summed E-state index contributed by atoms with van der Waals surface area (Å²) in [5, 5.41) is 0. The highest BCUT2D eigenvalue weighted by molar-refractivity contribution is 6.21. The molecule has 0 saturated carbocycles. The Morgan fingerprint density at radius 2 is 1.14 bits per heavy atom. The molecule has 0 aromatic heterocycles. The Morgan fingerprint density at radius 1 is 0.679 bits per heavy atom. The molecule has 4 nitrogen and oxygen atoms in total. The first-order valence-corrected chi connectivity index (χ1v) is 9.42. The van der Waals surface area contributed by atoms with Crippen molar-refractivity contribution in [1.82, 2.24) is 4.90 Å². The Bertz CT molecular complexity index is 895. The lowest BCUT2D eigenvalue weighted by Gasteiger charge is -2.20. The van der Waals surface area contributed by atoms with Gasteiger partial charge in [0, 0.05) is 13.2 Å². The van der Waals surface area contributed by atoms with Crippen LogP contribution in [0, 0.1) is 0 Å². The molecule has 0 unspecified atom stereocenters. The van der Waals surface area contributed by atoms with Crippen molar-refractivity contribution >= 4 is 11.8 Å². The van der Waals surface area contributed by atoms with Crippen LogP contribution in [0.15, 0.2) is 84.9 Å². The molecule has 3 aromatic carbocycles. The first-order valence-electron chi connectivity index (χ1n) is 9.42. The van der Waals surface area contributed by atoms with E-state index in [4.69, 9.17) is 4.74 Å². The second-order valence-electron chi connectivity index (χ2n) is 6.73. The van der Waals surface area contributed by atoms with Crippen molar-refractivity contribution in [2.24, 2.45) is 0 Å². The summed E-state index contributed by atoms with van der Waals surface area (Å²) in [5.41, 5.74) is 3.13. The van der Waals surface area contributed by atoms with E-state index in [2.05, 4.69) is 0 Å². The summed E-state index contributed by atoms with van der Waals surface area (Å²) in [7, 11) is 0. The molecule has 28 heavy (non-hydrogen) atoms. The minimum Gasteiger partial charge on any atom is -0.369 e. The second-order valence-corrected chi connectivity index (χ2v) is 6.73. The summed E-state index contributed by atoms with van der Waals surface area (Å²) in [5.74, 6) is -0.438. The third kappa shape index (κ3) is 3.59. The molecule has 0 radical (unpaired) electrons. The van der Waals surface area contributed by atoms with Crippen molar-refractivity contribution in [2.45, 2.75) is 12.5 Å². The quantitative estimate of drug-likeness (QED) is 0.454. The summed E-state index contributed by atoms with van der Waals surface area (Å²) in [4.78, 5) is 26.2. The van der Waals surface area contributed by atoms with Crippen molar-refractivity contribution in [1.29, 1.82) is 0 Å². The minimum atomic E-state index is -0.219. The van der Waals surface area contributed by atoms with Crippen molar-refractivity contribution < 1.29 is 14.3 Å². The normalized spacial score (nSPS) is 13.2. The zero-order chi connectivity index (χ0) is 19.3. The van der Waals surface area contributed by atoms with Crippen LogP contribution in [-0.2, 0) is 4.74 Å². The maximum atomic E-state index is 12.4. The number of benzene rings is 3. The standard InChI is InChI=1S/C24H21NO3/c26-23-20-14-7-8-15-21(20)24(27)25(23)16-9-17-28-22(18-10-3-1-4-11-18)19-12-5-2-6-13-19/h1-8,10-15,22H,9,16-17H2. The summed E-state index contributed by atoms with van der Waals surface area (Å²) in [6, 6.07) is 27.1. The lowest BCUT2D eigenvalue weighted by atomic mass is 10.0. The van der Waals surface area contributed by atoms with Crippen LogP contribution >= 0.6 is 0 Å². The van der Waals surface area contributed by atoms with E-state index >= 15 is 0 Å². The monoisotopic (exact) mass is 371 g/mol. The average Bonchev–Trinajstić information content (AvgIpc) is 3.00. The van der Waals surface area contributed by atoms with Gasteiger partial charge in [-0.1, -0.05) is 72.8 Å². The van der Waals surface area contributed by atoms with Crippen LogP contribution < -0.4 is 0 Å². The molecule has 1 aliphatic heterocycles. The summed E-state index contributed by atoms with van der Waals surface area (Å²) < 4.78 is 6.17. The van der Waals surface area contributed by atoms with Crippen LogP contribution in [0.1, 0.15) is 44.4 Å². The molecule has 0 atom stereocenters. The maximum Gasteiger partial charge on any atom is 0.261 e. The largest absolute Gasteiger partial charge is 0.369 e. The lowest BCUT2D eigenvalue weighted by Crippen LogP contribution is -2.31. The third-order valence-corrected chi connectivity index (χ3v) is 4.89. The van der Waals surface area contributed by atoms with E-state index in [1.807, 2.05) is 60.7 Å². The highest BCUT2D eigenvalue weighted by atomic mass is 16.5. The molecule has 140 valence electrons. The zero-order valence-electron chi connectivity index (χ0n) is 15.5. The van der Waals surface area contributed by atoms with Gasteiger partial charge in [-0.2, -0.15) is 0 Å². The Kier molecular flexibility index (Phi) is 5.31. The fourth-order valence-corrected chi connectivity index (χ4v) is 3.51. The number of amides is 2. The molecule has 0 N–H and O–H groups in total. The van der Waals surface area contributed by atoms with Gasteiger partial charge >= 0.3 is 0 Å². The van der Waals surface area contributed by atoms with E-state index in [-0.39, 0.29) is 17.9 Å². The van der Waals surface area contributed by atoms with E-state index in [9.17, 15) is 9.59 Å². The van der Waals surface area contributed by atoms with Crippen molar-refractivity contribution in [3.05, 3.63) is 107 Å². The number of carbonyl (C=O) groups is 2. The Morgan fingerprint density at radius 3 is 1.64 bits per heavy atom. The van der Waals surface area contributed by atoms with Crippen molar-refractivity contribution in [3.8, 4) is 0 Å². The van der Waals surface area contributed by atoms with Gasteiger partial charge in [-0.15, -0.1) is 0 Å². The number of rotatable bonds is 7. The van der Waals surface area contributed by atoms with Crippen molar-refractivity contribution in [2.75, 3.05) is 13.2 Å². The molecule has 0 fully saturated rings. The van der Waals surface area contributed by atoms with Gasteiger partial charge in [0.1, 0.15) is 6.10 Å². The fraction of sp³-hybridized carbons (Fsp3) is 0.167. The second kappa shape index (κ2) is 8.19. The number of nitrogens with zero attached hydrogens (tertiary/aromatic N) is 1. The highest BCUT2D eigenvalue weighted by Gasteiger charge is 2.34. The van der Waals surface area contributed by atoms with Crippen molar-refractivity contribution in [3.63, 3.8) is 0 Å². The Hall–Kier alpha value is -3.24. The van der Waals surface area contributed by atoms with E-state index in [1.165, 1.54) is 4.90 Å². The molecular weight excluding hydrogens is 350 g/mol. The molecule has 0 aliphatic carbocycles. The van der Waals surface area contributed by atoms with E-state index in [0.29, 0.717) is 30.7 Å². The molecule has 4 heteroatoms. The van der Waals surface area contributed by atoms with Gasteiger partial charge in [0.25, 0.3) is 11.8 Å². The molecule has 4 rings (SSSR count). The average molecular weight is 371 g/mol. The van der Waals surface area contributed by atoms with Gasteiger partial charge in [-0.3, -0.25) is 14.5 Å². The minimum absolute atomic E-state index is 0.176. The van der Waals surface area contributed by atoms with Crippen LogP contribution in [0.2, 0.25) is 0 Å². The first kappa shape index (κ1) is 18.1. The lowest BCUT2D eigenvalue weighted by molar-refractivity contribution is 0.0567. The topological polar surface area (TPSA) is 46.6 Å². The zero-order valence-corrected chi connectivity index (χ0v) is 15.5. The van der Waals surface area contributed by atoms with E-state index < -0.39 is 0 Å². The molecule has 2 amide bonds. The number of fused-ring (bicyclic) bond motifs is 1. The number of carbonyl (C=O) groups excluding carboxylic acids is 2.